The maximum absolute atomic E-state index is 5.42. The van der Waals surface area contributed by atoms with E-state index in [1.165, 1.54) is 29.7 Å². The van der Waals surface area contributed by atoms with Gasteiger partial charge in [0.1, 0.15) is 17.0 Å². The molecule has 3 heterocycles. The fourth-order valence-electron chi connectivity index (χ4n) is 3.75. The highest BCUT2D eigenvalue weighted by atomic mass is 32.1. The van der Waals surface area contributed by atoms with Crippen LogP contribution < -0.4 is 5.32 Å². The molecule has 0 radical (unpaired) electrons. The SMILES string of the molecule is Cc1csc2ncnc(NCCc3cccc(CCCN4CCOCC4)c3)c12. The number of benzene rings is 1. The number of nitrogens with zero attached hydrogens (tertiary/aromatic N) is 3. The van der Waals surface area contributed by atoms with Crippen molar-refractivity contribution >= 4 is 27.4 Å². The number of anilines is 1. The molecule has 0 saturated carbocycles. The highest BCUT2D eigenvalue weighted by Crippen LogP contribution is 2.28. The summed E-state index contributed by atoms with van der Waals surface area (Å²) in [6.07, 6.45) is 4.99. The van der Waals surface area contributed by atoms with E-state index in [1.54, 1.807) is 17.7 Å². The normalized spacial score (nSPS) is 15.2. The van der Waals surface area contributed by atoms with Crippen molar-refractivity contribution in [2.45, 2.75) is 26.2 Å². The van der Waals surface area contributed by atoms with E-state index >= 15 is 0 Å². The van der Waals surface area contributed by atoms with Gasteiger partial charge in [-0.15, -0.1) is 11.3 Å². The third kappa shape index (κ3) is 4.87. The van der Waals surface area contributed by atoms with Crippen LogP contribution in [-0.2, 0) is 17.6 Å². The Kier molecular flexibility index (Phi) is 6.52. The number of thiophene rings is 1. The van der Waals surface area contributed by atoms with Crippen molar-refractivity contribution in [1.29, 1.82) is 0 Å². The molecule has 0 bridgehead atoms. The van der Waals surface area contributed by atoms with E-state index in [9.17, 15) is 0 Å². The maximum Gasteiger partial charge on any atom is 0.138 e. The summed E-state index contributed by atoms with van der Waals surface area (Å²) in [7, 11) is 0. The second-order valence-corrected chi connectivity index (χ2v) is 8.23. The minimum absolute atomic E-state index is 0.874. The van der Waals surface area contributed by atoms with Crippen molar-refractivity contribution < 1.29 is 4.74 Å². The Morgan fingerprint density at radius 2 is 1.96 bits per heavy atom. The molecule has 1 fully saturated rings. The number of hydrogen-bond donors (Lipinski definition) is 1. The van der Waals surface area contributed by atoms with Gasteiger partial charge in [0.15, 0.2) is 0 Å². The Morgan fingerprint density at radius 1 is 1.14 bits per heavy atom. The van der Waals surface area contributed by atoms with Gasteiger partial charge in [-0.3, -0.25) is 4.90 Å². The van der Waals surface area contributed by atoms with E-state index in [0.29, 0.717) is 0 Å². The lowest BCUT2D eigenvalue weighted by molar-refractivity contribution is 0.0375. The zero-order valence-electron chi connectivity index (χ0n) is 16.5. The van der Waals surface area contributed by atoms with Gasteiger partial charge in [0.2, 0.25) is 0 Å². The van der Waals surface area contributed by atoms with Gasteiger partial charge in [0.25, 0.3) is 0 Å². The fraction of sp³-hybridized carbons (Fsp3) is 0.455. The molecule has 0 aliphatic carbocycles. The van der Waals surface area contributed by atoms with Crippen LogP contribution in [0.5, 0.6) is 0 Å². The molecule has 2 aromatic heterocycles. The molecule has 3 aromatic rings. The summed E-state index contributed by atoms with van der Waals surface area (Å²) in [5.74, 6) is 0.949. The molecule has 5 nitrogen and oxygen atoms in total. The van der Waals surface area contributed by atoms with Gasteiger partial charge in [-0.2, -0.15) is 0 Å². The smallest absolute Gasteiger partial charge is 0.138 e. The number of aromatic nitrogens is 2. The quantitative estimate of drug-likeness (QED) is 0.625. The lowest BCUT2D eigenvalue weighted by Crippen LogP contribution is -2.36. The van der Waals surface area contributed by atoms with E-state index in [1.807, 2.05) is 0 Å². The molecule has 0 spiro atoms. The summed E-state index contributed by atoms with van der Waals surface area (Å²) >= 11 is 1.68. The lowest BCUT2D eigenvalue weighted by Gasteiger charge is -2.26. The molecule has 0 amide bonds. The van der Waals surface area contributed by atoms with Crippen LogP contribution in [0.1, 0.15) is 23.1 Å². The van der Waals surface area contributed by atoms with Crippen molar-refractivity contribution in [2.75, 3.05) is 44.7 Å². The first-order valence-corrected chi connectivity index (χ1v) is 11.0. The van der Waals surface area contributed by atoms with Crippen LogP contribution in [0, 0.1) is 6.92 Å². The summed E-state index contributed by atoms with van der Waals surface area (Å²) in [5, 5.41) is 6.81. The summed E-state index contributed by atoms with van der Waals surface area (Å²) in [6.45, 7) is 8.07. The Balaban J connectivity index is 1.28. The van der Waals surface area contributed by atoms with Gasteiger partial charge in [-0.05, 0) is 54.8 Å². The second-order valence-electron chi connectivity index (χ2n) is 7.38. The molecule has 1 aliphatic heterocycles. The Morgan fingerprint density at radius 3 is 2.82 bits per heavy atom. The zero-order chi connectivity index (χ0) is 19.2. The van der Waals surface area contributed by atoms with Crippen LogP contribution >= 0.6 is 11.3 Å². The third-order valence-electron chi connectivity index (χ3n) is 5.30. The highest BCUT2D eigenvalue weighted by molar-refractivity contribution is 7.17. The molecular weight excluding hydrogens is 368 g/mol. The molecule has 6 heteroatoms. The molecular formula is C22H28N4OS. The van der Waals surface area contributed by atoms with Crippen LogP contribution in [0.3, 0.4) is 0 Å². The fourth-order valence-corrected chi connectivity index (χ4v) is 4.64. The minimum Gasteiger partial charge on any atom is -0.379 e. The number of ether oxygens (including phenoxy) is 1. The summed E-state index contributed by atoms with van der Waals surface area (Å²) < 4.78 is 5.42. The molecule has 1 saturated heterocycles. The van der Waals surface area contributed by atoms with Crippen molar-refractivity contribution in [2.24, 2.45) is 0 Å². The van der Waals surface area contributed by atoms with Crippen molar-refractivity contribution in [1.82, 2.24) is 14.9 Å². The van der Waals surface area contributed by atoms with Crippen LogP contribution in [0.15, 0.2) is 36.0 Å². The summed E-state index contributed by atoms with van der Waals surface area (Å²) in [5.41, 5.74) is 4.05. The highest BCUT2D eigenvalue weighted by Gasteiger charge is 2.10. The van der Waals surface area contributed by atoms with E-state index in [0.717, 1.165) is 61.7 Å². The van der Waals surface area contributed by atoms with E-state index in [4.69, 9.17) is 4.74 Å². The predicted octanol–water partition coefficient (Wildman–Crippen LogP) is 3.92. The van der Waals surface area contributed by atoms with Crippen LogP contribution in [0.25, 0.3) is 10.2 Å². The monoisotopic (exact) mass is 396 g/mol. The number of rotatable bonds is 8. The van der Waals surface area contributed by atoms with Crippen molar-refractivity contribution in [3.8, 4) is 0 Å². The first-order valence-electron chi connectivity index (χ1n) is 10.1. The van der Waals surface area contributed by atoms with Gasteiger partial charge in [0, 0.05) is 19.6 Å². The maximum atomic E-state index is 5.42. The van der Waals surface area contributed by atoms with Gasteiger partial charge in [-0.25, -0.2) is 9.97 Å². The number of aryl methyl sites for hydroxylation is 2. The molecule has 4 rings (SSSR count). The van der Waals surface area contributed by atoms with Gasteiger partial charge >= 0.3 is 0 Å². The van der Waals surface area contributed by atoms with Crippen LogP contribution in [0.2, 0.25) is 0 Å². The molecule has 148 valence electrons. The Hall–Kier alpha value is -2.02. The Labute approximate surface area is 170 Å². The standard InChI is InChI=1S/C22H28N4OS/c1-17-15-28-22-20(17)21(24-16-25-22)23-8-7-19-5-2-4-18(14-19)6-3-9-26-10-12-27-13-11-26/h2,4-5,14-16H,3,6-13H2,1H3,(H,23,24,25). The van der Waals surface area contributed by atoms with Crippen molar-refractivity contribution in [3.05, 3.63) is 52.7 Å². The first-order chi connectivity index (χ1) is 13.8. The molecule has 0 unspecified atom stereocenters. The number of fused-ring (bicyclic) bond motifs is 1. The molecule has 1 N–H and O–H groups in total. The average Bonchev–Trinajstić information content (AvgIpc) is 3.11. The number of nitrogens with one attached hydrogen (secondary N) is 1. The molecule has 1 aromatic carbocycles. The van der Waals surface area contributed by atoms with E-state index in [2.05, 4.69) is 56.8 Å². The topological polar surface area (TPSA) is 50.3 Å². The molecule has 1 aliphatic rings. The lowest BCUT2D eigenvalue weighted by atomic mass is 10.0. The molecule has 28 heavy (non-hydrogen) atoms. The van der Waals surface area contributed by atoms with Gasteiger partial charge in [0.05, 0.1) is 18.6 Å². The Bertz CT molecular complexity index is 904. The zero-order valence-corrected chi connectivity index (χ0v) is 17.3. The predicted molar refractivity (Wildman–Crippen MR) is 116 cm³/mol. The molecule has 0 atom stereocenters. The second kappa shape index (κ2) is 9.45. The van der Waals surface area contributed by atoms with E-state index in [-0.39, 0.29) is 0 Å². The summed E-state index contributed by atoms with van der Waals surface area (Å²) in [4.78, 5) is 12.4. The third-order valence-corrected chi connectivity index (χ3v) is 6.30. The largest absolute Gasteiger partial charge is 0.379 e. The number of morpholine rings is 1. The van der Waals surface area contributed by atoms with Crippen LogP contribution in [-0.4, -0.2) is 54.3 Å². The summed E-state index contributed by atoms with van der Waals surface area (Å²) in [6, 6.07) is 9.01. The van der Waals surface area contributed by atoms with Gasteiger partial charge < -0.3 is 10.1 Å². The van der Waals surface area contributed by atoms with E-state index < -0.39 is 0 Å². The first kappa shape index (κ1) is 19.3. The van der Waals surface area contributed by atoms with Crippen LogP contribution in [0.4, 0.5) is 5.82 Å². The minimum atomic E-state index is 0.874. The average molecular weight is 397 g/mol. The van der Waals surface area contributed by atoms with Gasteiger partial charge in [-0.1, -0.05) is 24.3 Å². The number of hydrogen-bond acceptors (Lipinski definition) is 6. The van der Waals surface area contributed by atoms with Crippen molar-refractivity contribution in [3.63, 3.8) is 0 Å².